The number of halogens is 2. The van der Waals surface area contributed by atoms with Gasteiger partial charge in [-0.1, -0.05) is 11.6 Å². The van der Waals surface area contributed by atoms with Gasteiger partial charge in [0.25, 0.3) is 5.56 Å². The predicted molar refractivity (Wildman–Crippen MR) is 71.0 cm³/mol. The van der Waals surface area contributed by atoms with Crippen LogP contribution in [0.2, 0.25) is 5.15 Å². The van der Waals surface area contributed by atoms with Crippen molar-refractivity contribution in [3.8, 4) is 11.4 Å². The van der Waals surface area contributed by atoms with Crippen molar-refractivity contribution in [2.45, 2.75) is 6.92 Å². The van der Waals surface area contributed by atoms with Crippen molar-refractivity contribution in [1.82, 2.24) is 14.6 Å². The number of aromatic amines is 1. The lowest BCUT2D eigenvalue weighted by atomic mass is 10.2. The van der Waals surface area contributed by atoms with Gasteiger partial charge in [0, 0.05) is 5.56 Å². The lowest BCUT2D eigenvalue weighted by molar-refractivity contribution is 0.628. The Balaban J connectivity index is 2.29. The zero-order valence-electron chi connectivity index (χ0n) is 9.95. The Kier molecular flexibility index (Phi) is 2.64. The molecule has 0 fully saturated rings. The Morgan fingerprint density at radius 1 is 1.32 bits per heavy atom. The molecule has 0 unspecified atom stereocenters. The highest BCUT2D eigenvalue weighted by Gasteiger charge is 2.11. The van der Waals surface area contributed by atoms with E-state index in [0.29, 0.717) is 22.1 Å². The maximum Gasteiger partial charge on any atom is 0.275 e. The SMILES string of the molecule is Cc1cc(Cl)n2nc(-c3ccc(F)cc3)[nH]c(=O)c12. The molecule has 96 valence electrons. The third-order valence-corrected chi connectivity index (χ3v) is 3.16. The molecule has 3 rings (SSSR count). The van der Waals surface area contributed by atoms with E-state index in [0.717, 1.165) is 5.56 Å². The Bertz CT molecular complexity index is 820. The van der Waals surface area contributed by atoms with Gasteiger partial charge in [0.2, 0.25) is 0 Å². The van der Waals surface area contributed by atoms with Crippen molar-refractivity contribution in [3.63, 3.8) is 0 Å². The summed E-state index contributed by atoms with van der Waals surface area (Å²) in [6.45, 7) is 1.79. The molecule has 1 N–H and O–H groups in total. The largest absolute Gasteiger partial charge is 0.303 e. The summed E-state index contributed by atoms with van der Waals surface area (Å²) in [6.07, 6.45) is 0. The number of rotatable bonds is 1. The molecule has 0 radical (unpaired) electrons. The fourth-order valence-electron chi connectivity index (χ4n) is 1.98. The third-order valence-electron chi connectivity index (χ3n) is 2.89. The molecule has 0 saturated heterocycles. The number of hydrogen-bond donors (Lipinski definition) is 1. The number of nitrogens with one attached hydrogen (secondary N) is 1. The number of fused-ring (bicyclic) bond motifs is 1. The van der Waals surface area contributed by atoms with Gasteiger partial charge in [-0.05, 0) is 42.8 Å². The highest BCUT2D eigenvalue weighted by Crippen LogP contribution is 2.19. The number of aryl methyl sites for hydroxylation is 1. The Hall–Kier alpha value is -2.14. The smallest absolute Gasteiger partial charge is 0.275 e. The van der Waals surface area contributed by atoms with Crippen LogP contribution >= 0.6 is 11.6 Å². The van der Waals surface area contributed by atoms with Crippen molar-refractivity contribution in [2.24, 2.45) is 0 Å². The van der Waals surface area contributed by atoms with E-state index in [2.05, 4.69) is 10.1 Å². The average Bonchev–Trinajstić information content (AvgIpc) is 2.66. The van der Waals surface area contributed by atoms with E-state index in [1.54, 1.807) is 25.1 Å². The Morgan fingerprint density at radius 3 is 2.68 bits per heavy atom. The van der Waals surface area contributed by atoms with Crippen LogP contribution in [0.25, 0.3) is 16.9 Å². The van der Waals surface area contributed by atoms with Gasteiger partial charge in [0.15, 0.2) is 5.82 Å². The summed E-state index contributed by atoms with van der Waals surface area (Å²) < 4.78 is 14.3. The summed E-state index contributed by atoms with van der Waals surface area (Å²) in [6, 6.07) is 7.38. The molecule has 0 spiro atoms. The van der Waals surface area contributed by atoms with Gasteiger partial charge in [-0.2, -0.15) is 0 Å². The summed E-state index contributed by atoms with van der Waals surface area (Å²) in [5, 5.41) is 4.63. The number of H-pyrrole nitrogens is 1. The van der Waals surface area contributed by atoms with Gasteiger partial charge >= 0.3 is 0 Å². The van der Waals surface area contributed by atoms with Gasteiger partial charge in [0.05, 0.1) is 0 Å². The van der Waals surface area contributed by atoms with Crippen LogP contribution in [-0.2, 0) is 0 Å². The molecule has 0 saturated carbocycles. The summed E-state index contributed by atoms with van der Waals surface area (Å²) in [5.74, 6) is -0.00276. The average molecular weight is 278 g/mol. The number of hydrogen-bond acceptors (Lipinski definition) is 2. The van der Waals surface area contributed by atoms with Crippen molar-refractivity contribution >= 4 is 17.1 Å². The first kappa shape index (κ1) is 11.9. The molecule has 6 heteroatoms. The number of nitrogens with zero attached hydrogens (tertiary/aromatic N) is 2. The van der Waals surface area contributed by atoms with Gasteiger partial charge in [-0.3, -0.25) is 4.79 Å². The maximum absolute atomic E-state index is 12.9. The van der Waals surface area contributed by atoms with E-state index < -0.39 is 0 Å². The van der Waals surface area contributed by atoms with E-state index in [9.17, 15) is 9.18 Å². The second-order valence-corrected chi connectivity index (χ2v) is 4.61. The quantitative estimate of drug-likeness (QED) is 0.743. The van der Waals surface area contributed by atoms with Crippen LogP contribution in [0.5, 0.6) is 0 Å². The fourth-order valence-corrected chi connectivity index (χ4v) is 2.27. The molecule has 2 heterocycles. The second kappa shape index (κ2) is 4.20. The molecule has 0 bridgehead atoms. The van der Waals surface area contributed by atoms with Gasteiger partial charge in [-0.25, -0.2) is 8.91 Å². The molecule has 19 heavy (non-hydrogen) atoms. The molecular weight excluding hydrogens is 269 g/mol. The Morgan fingerprint density at radius 2 is 2.00 bits per heavy atom. The lowest BCUT2D eigenvalue weighted by Gasteiger charge is -2.03. The summed E-state index contributed by atoms with van der Waals surface area (Å²) in [4.78, 5) is 14.7. The normalized spacial score (nSPS) is 11.1. The van der Waals surface area contributed by atoms with Crippen molar-refractivity contribution < 1.29 is 4.39 Å². The monoisotopic (exact) mass is 277 g/mol. The van der Waals surface area contributed by atoms with E-state index in [1.165, 1.54) is 16.6 Å². The van der Waals surface area contributed by atoms with Crippen LogP contribution in [0.4, 0.5) is 4.39 Å². The van der Waals surface area contributed by atoms with Crippen molar-refractivity contribution in [2.75, 3.05) is 0 Å². The van der Waals surface area contributed by atoms with Crippen LogP contribution in [-0.4, -0.2) is 14.6 Å². The first-order chi connectivity index (χ1) is 9.06. The summed E-state index contributed by atoms with van der Waals surface area (Å²) in [5.41, 5.74) is 1.50. The van der Waals surface area contributed by atoms with Crippen molar-refractivity contribution in [3.05, 3.63) is 57.2 Å². The summed E-state index contributed by atoms with van der Waals surface area (Å²) in [7, 11) is 0. The van der Waals surface area contributed by atoms with Crippen molar-refractivity contribution in [1.29, 1.82) is 0 Å². The van der Waals surface area contributed by atoms with Gasteiger partial charge in [-0.15, -0.1) is 5.10 Å². The molecule has 0 aliphatic heterocycles. The van der Waals surface area contributed by atoms with Crippen LogP contribution in [0.15, 0.2) is 35.1 Å². The standard InChI is InChI=1S/C13H9ClFN3O/c1-7-6-10(14)18-11(7)13(19)16-12(17-18)8-2-4-9(15)5-3-8/h2-6H,1H3,(H,16,17,19). The molecule has 0 amide bonds. The minimum atomic E-state index is -0.345. The van der Waals surface area contributed by atoms with E-state index in [4.69, 9.17) is 11.6 Å². The van der Waals surface area contributed by atoms with Crippen LogP contribution in [0.1, 0.15) is 5.56 Å². The zero-order valence-corrected chi connectivity index (χ0v) is 10.7. The highest BCUT2D eigenvalue weighted by molar-refractivity contribution is 6.30. The van der Waals surface area contributed by atoms with E-state index in [1.807, 2.05) is 0 Å². The van der Waals surface area contributed by atoms with E-state index in [-0.39, 0.29) is 11.4 Å². The molecule has 4 nitrogen and oxygen atoms in total. The summed E-state index contributed by atoms with van der Waals surface area (Å²) >= 11 is 6.02. The second-order valence-electron chi connectivity index (χ2n) is 4.22. The van der Waals surface area contributed by atoms with Crippen LogP contribution < -0.4 is 5.56 Å². The molecule has 1 aromatic carbocycles. The van der Waals surface area contributed by atoms with Gasteiger partial charge in [0.1, 0.15) is 16.5 Å². The molecule has 0 aliphatic carbocycles. The first-order valence-corrected chi connectivity index (χ1v) is 5.98. The number of benzene rings is 1. The maximum atomic E-state index is 12.9. The number of aromatic nitrogens is 3. The molecule has 3 aromatic rings. The molecule has 2 aromatic heterocycles. The zero-order chi connectivity index (χ0) is 13.6. The first-order valence-electron chi connectivity index (χ1n) is 5.60. The fraction of sp³-hybridized carbons (Fsp3) is 0.0769. The van der Waals surface area contributed by atoms with Crippen LogP contribution in [0.3, 0.4) is 0 Å². The predicted octanol–water partition coefficient (Wildman–Crippen LogP) is 2.79. The Labute approximate surface area is 112 Å². The van der Waals surface area contributed by atoms with E-state index >= 15 is 0 Å². The minimum Gasteiger partial charge on any atom is -0.303 e. The highest BCUT2D eigenvalue weighted by atomic mass is 35.5. The lowest BCUT2D eigenvalue weighted by Crippen LogP contribution is -2.14. The third kappa shape index (κ3) is 1.92. The molecule has 0 aliphatic rings. The topological polar surface area (TPSA) is 50.2 Å². The van der Waals surface area contributed by atoms with Gasteiger partial charge < -0.3 is 4.98 Å². The van der Waals surface area contributed by atoms with Crippen LogP contribution in [0, 0.1) is 12.7 Å². The minimum absolute atomic E-state index is 0.279. The molecule has 0 atom stereocenters. The molecular formula is C13H9ClFN3O.